The second-order valence-electron chi connectivity index (χ2n) is 8.83. The molecule has 0 amide bonds. The standard InChI is InChI=1S/C26H30N4OS/c1-17-16-22(18(2)29(17)20-11-13-21(31-3)14-12-20)25-24(23-10-6-7-15-27-23)28-26(32)30(25)19-8-4-5-9-19/h6-7,10-16,19,24-25H,4-5,8-9H2,1-3H3,(H,28,32)/t24-,25+/m1/s1. The summed E-state index contributed by atoms with van der Waals surface area (Å²) in [6.45, 7) is 4.40. The Morgan fingerprint density at radius 3 is 2.47 bits per heavy atom. The lowest BCUT2D eigenvalue weighted by Gasteiger charge is -2.33. The summed E-state index contributed by atoms with van der Waals surface area (Å²) in [4.78, 5) is 7.17. The molecule has 1 aliphatic carbocycles. The first kappa shape index (κ1) is 21.0. The Kier molecular flexibility index (Phi) is 5.64. The van der Waals surface area contributed by atoms with Crippen LogP contribution in [0.1, 0.15) is 60.4 Å². The lowest BCUT2D eigenvalue weighted by atomic mass is 9.95. The van der Waals surface area contributed by atoms with E-state index in [1.807, 2.05) is 24.4 Å². The van der Waals surface area contributed by atoms with Crippen LogP contribution < -0.4 is 10.1 Å². The van der Waals surface area contributed by atoms with E-state index in [2.05, 4.69) is 59.0 Å². The van der Waals surface area contributed by atoms with E-state index in [1.54, 1.807) is 7.11 Å². The third kappa shape index (κ3) is 3.56. The number of hydrogen-bond donors (Lipinski definition) is 1. The zero-order valence-corrected chi connectivity index (χ0v) is 19.7. The second-order valence-corrected chi connectivity index (χ2v) is 9.22. The predicted octanol–water partition coefficient (Wildman–Crippen LogP) is 5.41. The molecule has 166 valence electrons. The van der Waals surface area contributed by atoms with Gasteiger partial charge in [-0.2, -0.15) is 0 Å². The normalized spacial score (nSPS) is 21.2. The van der Waals surface area contributed by atoms with Gasteiger partial charge in [0.1, 0.15) is 5.75 Å². The van der Waals surface area contributed by atoms with Crippen LogP contribution in [0, 0.1) is 13.8 Å². The number of aryl methyl sites for hydroxylation is 1. The van der Waals surface area contributed by atoms with E-state index in [0.717, 1.165) is 22.2 Å². The molecule has 5 nitrogen and oxygen atoms in total. The Bertz CT molecular complexity index is 1100. The van der Waals surface area contributed by atoms with E-state index in [-0.39, 0.29) is 12.1 Å². The summed E-state index contributed by atoms with van der Waals surface area (Å²) >= 11 is 5.90. The Hall–Kier alpha value is -2.86. The molecular weight excluding hydrogens is 416 g/mol. The summed E-state index contributed by atoms with van der Waals surface area (Å²) in [5, 5.41) is 4.48. The van der Waals surface area contributed by atoms with E-state index < -0.39 is 0 Å². The van der Waals surface area contributed by atoms with Gasteiger partial charge in [-0.05, 0) is 86.9 Å². The first-order valence-corrected chi connectivity index (χ1v) is 11.8. The van der Waals surface area contributed by atoms with Gasteiger partial charge in [0, 0.05) is 29.3 Å². The van der Waals surface area contributed by atoms with Crippen molar-refractivity contribution < 1.29 is 4.74 Å². The number of aromatic nitrogens is 2. The maximum atomic E-state index is 5.90. The van der Waals surface area contributed by atoms with Crippen molar-refractivity contribution in [1.29, 1.82) is 0 Å². The van der Waals surface area contributed by atoms with E-state index in [4.69, 9.17) is 21.9 Å². The van der Waals surface area contributed by atoms with Crippen molar-refractivity contribution in [3.05, 3.63) is 77.4 Å². The molecule has 0 spiro atoms. The van der Waals surface area contributed by atoms with E-state index >= 15 is 0 Å². The quantitative estimate of drug-likeness (QED) is 0.531. The number of nitrogens with one attached hydrogen (secondary N) is 1. The first-order chi connectivity index (χ1) is 15.6. The maximum absolute atomic E-state index is 5.90. The highest BCUT2D eigenvalue weighted by molar-refractivity contribution is 7.80. The summed E-state index contributed by atoms with van der Waals surface area (Å²) in [6, 6.07) is 17.4. The van der Waals surface area contributed by atoms with Gasteiger partial charge in [0.15, 0.2) is 5.11 Å². The largest absolute Gasteiger partial charge is 0.497 e. The number of thiocarbonyl (C=S) groups is 1. The molecule has 2 aliphatic rings. The van der Waals surface area contributed by atoms with Crippen molar-refractivity contribution in [3.63, 3.8) is 0 Å². The van der Waals surface area contributed by atoms with Gasteiger partial charge in [0.25, 0.3) is 0 Å². The average molecular weight is 447 g/mol. The zero-order valence-electron chi connectivity index (χ0n) is 18.9. The van der Waals surface area contributed by atoms with Crippen LogP contribution in [-0.2, 0) is 0 Å². The van der Waals surface area contributed by atoms with Crippen LogP contribution in [0.4, 0.5) is 0 Å². The average Bonchev–Trinajstić information content (AvgIpc) is 3.52. The number of ether oxygens (including phenoxy) is 1. The highest BCUT2D eigenvalue weighted by Crippen LogP contribution is 2.44. The van der Waals surface area contributed by atoms with E-state index in [0.29, 0.717) is 6.04 Å². The van der Waals surface area contributed by atoms with Crippen molar-refractivity contribution in [2.45, 2.75) is 57.7 Å². The monoisotopic (exact) mass is 446 g/mol. The van der Waals surface area contributed by atoms with Crippen LogP contribution in [-0.4, -0.2) is 32.7 Å². The Balaban J connectivity index is 1.61. The molecule has 3 aromatic rings. The van der Waals surface area contributed by atoms with Gasteiger partial charge in [-0.1, -0.05) is 18.9 Å². The SMILES string of the molecule is COc1ccc(-n2c(C)cc([C@H]3[C@@H](c4ccccn4)NC(=S)N3C3CCCC3)c2C)cc1. The van der Waals surface area contributed by atoms with Crippen LogP contribution in [0.15, 0.2) is 54.7 Å². The Morgan fingerprint density at radius 1 is 1.06 bits per heavy atom. The van der Waals surface area contributed by atoms with Gasteiger partial charge in [-0.3, -0.25) is 4.98 Å². The van der Waals surface area contributed by atoms with Gasteiger partial charge < -0.3 is 19.5 Å². The fraction of sp³-hybridized carbons (Fsp3) is 0.385. The van der Waals surface area contributed by atoms with Crippen molar-refractivity contribution in [2.24, 2.45) is 0 Å². The first-order valence-electron chi connectivity index (χ1n) is 11.4. The Labute approximate surface area is 195 Å². The fourth-order valence-corrected chi connectivity index (χ4v) is 5.88. The highest BCUT2D eigenvalue weighted by atomic mass is 32.1. The molecule has 2 atom stereocenters. The van der Waals surface area contributed by atoms with Crippen LogP contribution in [0.5, 0.6) is 5.75 Å². The minimum absolute atomic E-state index is 0.0362. The molecule has 0 unspecified atom stereocenters. The number of hydrogen-bond acceptors (Lipinski definition) is 3. The lowest BCUT2D eigenvalue weighted by molar-refractivity contribution is 0.245. The van der Waals surface area contributed by atoms with Crippen LogP contribution in [0.2, 0.25) is 0 Å². The molecule has 1 aromatic carbocycles. The van der Waals surface area contributed by atoms with Crippen molar-refractivity contribution in [1.82, 2.24) is 19.8 Å². The third-order valence-electron chi connectivity index (χ3n) is 6.97. The summed E-state index contributed by atoms with van der Waals surface area (Å²) in [5.41, 5.74) is 5.95. The summed E-state index contributed by atoms with van der Waals surface area (Å²) in [5.74, 6) is 0.865. The molecule has 2 fully saturated rings. The van der Waals surface area contributed by atoms with Crippen LogP contribution in [0.25, 0.3) is 5.69 Å². The zero-order chi connectivity index (χ0) is 22.2. The van der Waals surface area contributed by atoms with E-state index in [9.17, 15) is 0 Å². The summed E-state index contributed by atoms with van der Waals surface area (Å²) < 4.78 is 7.68. The second kappa shape index (κ2) is 8.58. The molecule has 32 heavy (non-hydrogen) atoms. The van der Waals surface area contributed by atoms with Crippen LogP contribution >= 0.6 is 12.2 Å². The molecule has 1 aliphatic heterocycles. The highest BCUT2D eigenvalue weighted by Gasteiger charge is 2.44. The third-order valence-corrected chi connectivity index (χ3v) is 7.30. The minimum Gasteiger partial charge on any atom is -0.497 e. The molecular formula is C26H30N4OS. The Morgan fingerprint density at radius 2 is 1.81 bits per heavy atom. The molecule has 6 heteroatoms. The lowest BCUT2D eigenvalue weighted by Crippen LogP contribution is -2.37. The van der Waals surface area contributed by atoms with Gasteiger partial charge >= 0.3 is 0 Å². The van der Waals surface area contributed by atoms with Crippen molar-refractivity contribution in [3.8, 4) is 11.4 Å². The summed E-state index contributed by atoms with van der Waals surface area (Å²) in [6.07, 6.45) is 6.82. The number of rotatable bonds is 5. The molecule has 2 aromatic heterocycles. The van der Waals surface area contributed by atoms with Crippen molar-refractivity contribution in [2.75, 3.05) is 7.11 Å². The molecule has 0 radical (unpaired) electrons. The molecule has 1 N–H and O–H groups in total. The molecule has 1 saturated carbocycles. The molecule has 1 saturated heterocycles. The number of pyridine rings is 1. The van der Waals surface area contributed by atoms with Crippen molar-refractivity contribution >= 4 is 17.3 Å². The van der Waals surface area contributed by atoms with Crippen LogP contribution in [0.3, 0.4) is 0 Å². The number of methoxy groups -OCH3 is 1. The minimum atomic E-state index is 0.0362. The fourth-order valence-electron chi connectivity index (χ4n) is 5.49. The van der Waals surface area contributed by atoms with Gasteiger partial charge in [-0.25, -0.2) is 0 Å². The van der Waals surface area contributed by atoms with Gasteiger partial charge in [0.2, 0.25) is 0 Å². The van der Waals surface area contributed by atoms with Gasteiger partial charge in [-0.15, -0.1) is 0 Å². The van der Waals surface area contributed by atoms with E-state index in [1.165, 1.54) is 42.6 Å². The smallest absolute Gasteiger partial charge is 0.170 e. The maximum Gasteiger partial charge on any atom is 0.170 e. The number of nitrogens with zero attached hydrogens (tertiary/aromatic N) is 3. The topological polar surface area (TPSA) is 42.3 Å². The predicted molar refractivity (Wildman–Crippen MR) is 131 cm³/mol. The summed E-state index contributed by atoms with van der Waals surface area (Å²) in [7, 11) is 1.70. The number of benzene rings is 1. The molecule has 3 heterocycles. The molecule has 5 rings (SSSR count). The molecule has 0 bridgehead atoms. The van der Waals surface area contributed by atoms with Gasteiger partial charge in [0.05, 0.1) is 24.9 Å².